The molecule has 12 nitrogen and oxygen atoms in total. The van der Waals surface area contributed by atoms with Crippen LogP contribution in [0.25, 0.3) is 22.4 Å². The molecule has 5 N–H and O–H groups in total. The fourth-order valence-electron chi connectivity index (χ4n) is 10.7. The van der Waals surface area contributed by atoms with Crippen LogP contribution in [-0.2, 0) is 23.5 Å². The molecule has 0 unspecified atom stereocenters. The van der Waals surface area contributed by atoms with Gasteiger partial charge >= 0.3 is 6.18 Å². The molecule has 3 fully saturated rings. The van der Waals surface area contributed by atoms with E-state index >= 15 is 0 Å². The molecular formula is C58H67ClF3N7O5S2. The van der Waals surface area contributed by atoms with Crippen molar-refractivity contribution in [2.75, 3.05) is 71.4 Å². The third-order valence-corrected chi connectivity index (χ3v) is 17.9. The summed E-state index contributed by atoms with van der Waals surface area (Å²) in [7, 11) is -2.33. The Labute approximate surface area is 453 Å². The van der Waals surface area contributed by atoms with Crippen molar-refractivity contribution >= 4 is 62.0 Å². The number of thioether (sulfide) groups is 1. The van der Waals surface area contributed by atoms with Crippen LogP contribution in [0.5, 0.6) is 0 Å². The number of rotatable bonds is 18. The van der Waals surface area contributed by atoms with Crippen LogP contribution in [0.3, 0.4) is 0 Å². The summed E-state index contributed by atoms with van der Waals surface area (Å²) in [5.41, 5.74) is 5.65. The molecule has 3 aliphatic rings. The number of benzene rings is 5. The predicted octanol–water partition coefficient (Wildman–Crippen LogP) is 11.0. The van der Waals surface area contributed by atoms with E-state index in [1.807, 2.05) is 104 Å². The number of carbonyl (C=O) groups excluding carboxylic acids is 1. The number of piperazine rings is 1. The van der Waals surface area contributed by atoms with Crippen LogP contribution in [0.1, 0.15) is 67.6 Å². The van der Waals surface area contributed by atoms with Crippen molar-refractivity contribution in [3.8, 4) is 22.4 Å². The number of piperidine rings is 1. The molecule has 9 rings (SSSR count). The van der Waals surface area contributed by atoms with Crippen LogP contribution in [0.4, 0.5) is 35.9 Å². The Morgan fingerprint density at radius 1 is 0.803 bits per heavy atom. The van der Waals surface area contributed by atoms with Gasteiger partial charge in [-0.25, -0.2) is 8.42 Å². The van der Waals surface area contributed by atoms with Gasteiger partial charge in [0.2, 0.25) is 0 Å². The monoisotopic (exact) mass is 1100 g/mol. The summed E-state index contributed by atoms with van der Waals surface area (Å²) in [6.45, 7) is 10.4. The summed E-state index contributed by atoms with van der Waals surface area (Å²) in [6.07, 6.45) is -3.00. The van der Waals surface area contributed by atoms with Crippen molar-refractivity contribution in [1.82, 2.24) is 14.8 Å². The Kier molecular flexibility index (Phi) is 16.5. The van der Waals surface area contributed by atoms with E-state index in [0.29, 0.717) is 81.2 Å². The molecule has 6 aromatic rings. The van der Waals surface area contributed by atoms with Gasteiger partial charge in [-0.15, -0.1) is 11.8 Å². The molecule has 404 valence electrons. The second-order valence-electron chi connectivity index (χ2n) is 21.2. The highest BCUT2D eigenvalue weighted by atomic mass is 35.5. The smallest absolute Gasteiger partial charge is 0.390 e. The number of nitrogens with zero attached hydrogens (tertiary/aromatic N) is 4. The second kappa shape index (κ2) is 22.7. The average Bonchev–Trinajstić information content (AvgIpc) is 3.66. The Morgan fingerprint density at radius 3 is 2.11 bits per heavy atom. The van der Waals surface area contributed by atoms with E-state index < -0.39 is 33.8 Å². The van der Waals surface area contributed by atoms with Crippen molar-refractivity contribution in [1.29, 1.82) is 0 Å². The zero-order valence-corrected chi connectivity index (χ0v) is 45.7. The number of carbonyl (C=O) groups is 1. The first-order valence-corrected chi connectivity index (χ1v) is 28.7. The first kappa shape index (κ1) is 55.1. The van der Waals surface area contributed by atoms with Gasteiger partial charge in [0.15, 0.2) is 0 Å². The Morgan fingerprint density at radius 2 is 1.46 bits per heavy atom. The van der Waals surface area contributed by atoms with Gasteiger partial charge in [-0.1, -0.05) is 54.1 Å². The van der Waals surface area contributed by atoms with Crippen molar-refractivity contribution in [3.63, 3.8) is 0 Å². The molecule has 3 heterocycles. The standard InChI is InChI=1S/C58H67ClF3N7O5S2/c1-39-52(55(70)64-46-36-57(3,72)37-46)53(54(66(39)4)40-13-15-43(59)16-14-40)41-9-8-10-48(33-41)69-31-29-68(30-32-69)47-19-17-44(18-20-47)65-76(73,74)50-21-22-51(42(34-50)35-58(60,61)62)63-45(38-75-49-11-6-5-7-12-49)23-26-67-27-24-56(2,71)25-28-67/h5-22,33-34,45-46,63,65,71-72H,23-32,35-38H2,1-4H3,(H,64,70)/t45-,46?,57?/m1/s1. The fourth-order valence-corrected chi connectivity index (χ4v) is 12.9. The molecule has 2 saturated heterocycles. The number of amides is 1. The number of aromatic nitrogens is 1. The van der Waals surface area contributed by atoms with Crippen molar-refractivity contribution in [3.05, 3.63) is 143 Å². The molecular weight excluding hydrogens is 1030 g/mol. The molecule has 2 aliphatic heterocycles. The van der Waals surface area contributed by atoms with Crippen LogP contribution in [0.2, 0.25) is 5.02 Å². The Bertz CT molecular complexity index is 3090. The Hall–Kier alpha value is -5.69. The summed E-state index contributed by atoms with van der Waals surface area (Å²) in [4.78, 5) is 21.7. The quantitative estimate of drug-likeness (QED) is 0.0528. The molecule has 1 aliphatic carbocycles. The number of likely N-dealkylation sites (tertiary alicyclic amines) is 1. The van der Waals surface area contributed by atoms with Crippen molar-refractivity contribution in [2.45, 2.75) is 98.5 Å². The van der Waals surface area contributed by atoms with E-state index in [0.717, 1.165) is 63.5 Å². The van der Waals surface area contributed by atoms with Gasteiger partial charge < -0.3 is 40.1 Å². The zero-order valence-electron chi connectivity index (χ0n) is 43.3. The normalized spacial score (nSPS) is 19.5. The number of anilines is 4. The number of aliphatic hydroxyl groups is 2. The minimum atomic E-state index is -4.59. The van der Waals surface area contributed by atoms with E-state index in [1.54, 1.807) is 30.8 Å². The maximum absolute atomic E-state index is 14.2. The molecule has 0 spiro atoms. The van der Waals surface area contributed by atoms with Gasteiger partial charge in [-0.3, -0.25) is 9.52 Å². The highest BCUT2D eigenvalue weighted by Crippen LogP contribution is 2.42. The second-order valence-corrected chi connectivity index (χ2v) is 24.4. The van der Waals surface area contributed by atoms with Crippen LogP contribution < -0.4 is 25.2 Å². The van der Waals surface area contributed by atoms with Gasteiger partial charge in [-0.2, -0.15) is 13.2 Å². The third-order valence-electron chi connectivity index (χ3n) is 15.1. The lowest BCUT2D eigenvalue weighted by Crippen LogP contribution is -2.53. The van der Waals surface area contributed by atoms with Crippen molar-refractivity contribution in [2.24, 2.45) is 7.05 Å². The maximum Gasteiger partial charge on any atom is 0.393 e. The minimum Gasteiger partial charge on any atom is -0.390 e. The van der Waals surface area contributed by atoms with E-state index in [2.05, 4.69) is 42.2 Å². The lowest BCUT2D eigenvalue weighted by atomic mass is 9.77. The summed E-state index contributed by atoms with van der Waals surface area (Å²) in [5, 5.41) is 28.0. The molecule has 1 atom stereocenters. The summed E-state index contributed by atoms with van der Waals surface area (Å²) < 4.78 is 74.9. The van der Waals surface area contributed by atoms with Crippen LogP contribution in [0, 0.1) is 6.92 Å². The molecule has 1 aromatic heterocycles. The van der Waals surface area contributed by atoms with Crippen LogP contribution in [0.15, 0.2) is 131 Å². The molecule has 0 radical (unpaired) electrons. The number of alkyl halides is 3. The summed E-state index contributed by atoms with van der Waals surface area (Å²) in [6, 6.07) is 36.2. The van der Waals surface area contributed by atoms with E-state index in [4.69, 9.17) is 11.6 Å². The lowest BCUT2D eigenvalue weighted by molar-refractivity contribution is -0.127. The molecule has 76 heavy (non-hydrogen) atoms. The molecule has 18 heteroatoms. The number of hydrogen-bond donors (Lipinski definition) is 5. The highest BCUT2D eigenvalue weighted by Gasteiger charge is 2.40. The van der Waals surface area contributed by atoms with Gasteiger partial charge in [0.05, 0.1) is 33.8 Å². The molecule has 1 saturated carbocycles. The number of sulfonamides is 1. The molecule has 0 bridgehead atoms. The topological polar surface area (TPSA) is 142 Å². The van der Waals surface area contributed by atoms with Gasteiger partial charge in [0, 0.05) is 115 Å². The zero-order chi connectivity index (χ0) is 54.0. The molecule has 1 amide bonds. The third kappa shape index (κ3) is 13.5. The highest BCUT2D eigenvalue weighted by molar-refractivity contribution is 7.99. The van der Waals surface area contributed by atoms with E-state index in [-0.39, 0.29) is 39.8 Å². The van der Waals surface area contributed by atoms with E-state index in [1.165, 1.54) is 12.1 Å². The van der Waals surface area contributed by atoms with E-state index in [9.17, 15) is 36.6 Å². The van der Waals surface area contributed by atoms with Gasteiger partial charge in [-0.05, 0) is 148 Å². The number of halogens is 4. The summed E-state index contributed by atoms with van der Waals surface area (Å²) >= 11 is 7.91. The number of hydrogen-bond acceptors (Lipinski definition) is 10. The number of nitrogens with one attached hydrogen (secondary N) is 3. The Balaban J connectivity index is 0.867. The fraction of sp³-hybridized carbons (Fsp3) is 0.397. The predicted molar refractivity (Wildman–Crippen MR) is 301 cm³/mol. The van der Waals surface area contributed by atoms with Gasteiger partial charge in [0.25, 0.3) is 15.9 Å². The lowest BCUT2D eigenvalue weighted by Gasteiger charge is -2.41. The maximum atomic E-state index is 14.2. The van der Waals surface area contributed by atoms with Crippen LogP contribution in [-0.4, -0.2) is 115 Å². The van der Waals surface area contributed by atoms with Crippen molar-refractivity contribution < 1.29 is 36.6 Å². The van der Waals surface area contributed by atoms with Crippen LogP contribution >= 0.6 is 23.4 Å². The SMILES string of the molecule is Cc1c(C(=O)NC2CC(C)(O)C2)c(-c2cccc(N3CCN(c4ccc(NS(=O)(=O)c5ccc(N[C@H](CCN6CCC(C)(O)CC6)CSc6ccccc6)c(CC(F)(F)F)c5)cc4)CC3)c2)c(-c2ccc(Cl)cc2)n1C. The first-order chi connectivity index (χ1) is 36.1. The summed E-state index contributed by atoms with van der Waals surface area (Å²) in [5.74, 6) is 0.385. The minimum absolute atomic E-state index is 0.122. The first-order valence-electron chi connectivity index (χ1n) is 25.9. The largest absolute Gasteiger partial charge is 0.393 e. The van der Waals surface area contributed by atoms with Gasteiger partial charge in [0.1, 0.15) is 0 Å². The molecule has 5 aromatic carbocycles. The average molecular weight is 1100 g/mol.